The van der Waals surface area contributed by atoms with Gasteiger partial charge in [-0.1, -0.05) is 54.1 Å². The third-order valence-corrected chi connectivity index (χ3v) is 5.03. The largest absolute Gasteiger partial charge is 0.462 e. The van der Waals surface area contributed by atoms with Crippen LogP contribution in [0.5, 0.6) is 0 Å². The molecule has 0 aliphatic heterocycles. The molecule has 0 fully saturated rings. The molecule has 0 bridgehead atoms. The minimum Gasteiger partial charge on any atom is -0.462 e. The number of hydrogen-bond acceptors (Lipinski definition) is 4. The number of nitrogens with zero attached hydrogens (tertiary/aromatic N) is 1. The van der Waals surface area contributed by atoms with Gasteiger partial charge in [0.25, 0.3) is 5.91 Å². The normalized spacial score (nSPS) is 10.8. The van der Waals surface area contributed by atoms with Gasteiger partial charge in [-0.2, -0.15) is 5.26 Å². The van der Waals surface area contributed by atoms with Gasteiger partial charge >= 0.3 is 5.97 Å². The Morgan fingerprint density at radius 3 is 2.34 bits per heavy atom. The number of anilines is 1. The molecule has 3 rings (SSSR count). The lowest BCUT2D eigenvalue weighted by Crippen LogP contribution is -2.13. The van der Waals surface area contributed by atoms with E-state index in [1.54, 1.807) is 31.2 Å². The van der Waals surface area contributed by atoms with Crippen molar-refractivity contribution < 1.29 is 14.3 Å². The van der Waals surface area contributed by atoms with Crippen LogP contribution in [0.25, 0.3) is 6.08 Å². The summed E-state index contributed by atoms with van der Waals surface area (Å²) in [5, 5.41) is 12.8. The zero-order valence-corrected chi connectivity index (χ0v) is 18.2. The lowest BCUT2D eigenvalue weighted by molar-refractivity contribution is -0.112. The molecular formula is C26H21ClN2O3. The standard InChI is InChI=1S/C26H21ClN2O3/c1-2-32-26(31)20-11-13-23(14-12-20)29-25(30)22(17-28)16-19-9-7-18(8-10-19)15-21-5-3-4-6-24(21)27/h3-14,16H,2,15H2,1H3,(H,29,30)/b22-16+. The van der Waals surface area contributed by atoms with Gasteiger partial charge in [0.05, 0.1) is 12.2 Å². The molecule has 3 aromatic rings. The van der Waals surface area contributed by atoms with Crippen LogP contribution < -0.4 is 5.32 Å². The Morgan fingerprint density at radius 2 is 1.72 bits per heavy atom. The Labute approximate surface area is 191 Å². The fourth-order valence-electron chi connectivity index (χ4n) is 3.01. The number of carbonyl (C=O) groups excluding carboxylic acids is 2. The average molecular weight is 445 g/mol. The number of halogens is 1. The van der Waals surface area contributed by atoms with E-state index in [0.29, 0.717) is 17.7 Å². The average Bonchev–Trinajstić information content (AvgIpc) is 2.80. The summed E-state index contributed by atoms with van der Waals surface area (Å²) >= 11 is 6.22. The first-order chi connectivity index (χ1) is 15.5. The molecule has 0 atom stereocenters. The molecule has 0 saturated heterocycles. The number of nitrogens with one attached hydrogen (secondary N) is 1. The number of carbonyl (C=O) groups is 2. The lowest BCUT2D eigenvalue weighted by atomic mass is 10.0. The highest BCUT2D eigenvalue weighted by atomic mass is 35.5. The SMILES string of the molecule is CCOC(=O)c1ccc(NC(=O)/C(C#N)=C/c2ccc(Cc3ccccc3Cl)cc2)cc1. The fraction of sp³-hybridized carbons (Fsp3) is 0.115. The maximum atomic E-state index is 12.5. The maximum absolute atomic E-state index is 12.5. The molecule has 0 aromatic heterocycles. The van der Waals surface area contributed by atoms with Crippen molar-refractivity contribution in [3.63, 3.8) is 0 Å². The number of ether oxygens (including phenoxy) is 1. The van der Waals surface area contributed by atoms with Gasteiger partial charge in [-0.3, -0.25) is 4.79 Å². The van der Waals surface area contributed by atoms with E-state index in [-0.39, 0.29) is 12.2 Å². The van der Waals surface area contributed by atoms with Crippen molar-refractivity contribution in [2.75, 3.05) is 11.9 Å². The summed E-state index contributed by atoms with van der Waals surface area (Å²) in [7, 11) is 0. The molecule has 0 aliphatic rings. The second-order valence-corrected chi connectivity index (χ2v) is 7.34. The molecule has 6 heteroatoms. The molecule has 160 valence electrons. The van der Waals surface area contributed by atoms with E-state index in [4.69, 9.17) is 16.3 Å². The summed E-state index contributed by atoms with van der Waals surface area (Å²) in [5.41, 5.74) is 3.66. The highest BCUT2D eigenvalue weighted by Gasteiger charge is 2.11. The number of rotatable bonds is 7. The summed E-state index contributed by atoms with van der Waals surface area (Å²) < 4.78 is 4.93. The second-order valence-electron chi connectivity index (χ2n) is 6.93. The molecule has 1 N–H and O–H groups in total. The number of nitriles is 1. The molecule has 0 saturated carbocycles. The number of hydrogen-bond donors (Lipinski definition) is 1. The molecule has 5 nitrogen and oxygen atoms in total. The first-order valence-electron chi connectivity index (χ1n) is 10.0. The van der Waals surface area contributed by atoms with Crippen molar-refractivity contribution in [1.82, 2.24) is 0 Å². The monoisotopic (exact) mass is 444 g/mol. The van der Waals surface area contributed by atoms with E-state index >= 15 is 0 Å². The molecular weight excluding hydrogens is 424 g/mol. The first kappa shape index (κ1) is 22.8. The predicted octanol–water partition coefficient (Wildman–Crippen LogP) is 5.65. The molecule has 0 radical (unpaired) electrons. The van der Waals surface area contributed by atoms with Crippen LogP contribution in [0, 0.1) is 11.3 Å². The van der Waals surface area contributed by atoms with Crippen LogP contribution in [-0.4, -0.2) is 18.5 Å². The summed E-state index contributed by atoms with van der Waals surface area (Å²) in [5.74, 6) is -0.961. The molecule has 0 heterocycles. The van der Waals surface area contributed by atoms with Gasteiger partial charge in [0, 0.05) is 10.7 Å². The van der Waals surface area contributed by atoms with Gasteiger partial charge in [-0.05, 0) is 66.4 Å². The molecule has 32 heavy (non-hydrogen) atoms. The van der Waals surface area contributed by atoms with Crippen LogP contribution in [0.2, 0.25) is 5.02 Å². The second kappa shape index (κ2) is 10.9. The van der Waals surface area contributed by atoms with Crippen molar-refractivity contribution >= 4 is 35.2 Å². The smallest absolute Gasteiger partial charge is 0.338 e. The molecule has 0 spiro atoms. The zero-order chi connectivity index (χ0) is 22.9. The van der Waals surface area contributed by atoms with E-state index < -0.39 is 11.9 Å². The number of esters is 1. The van der Waals surface area contributed by atoms with Crippen LogP contribution in [0.15, 0.2) is 78.4 Å². The quantitative estimate of drug-likeness (QED) is 0.290. The van der Waals surface area contributed by atoms with Crippen molar-refractivity contribution in [2.45, 2.75) is 13.3 Å². The van der Waals surface area contributed by atoms with Crippen molar-refractivity contribution in [1.29, 1.82) is 5.26 Å². The van der Waals surface area contributed by atoms with Crippen LogP contribution >= 0.6 is 11.6 Å². The summed E-state index contributed by atoms with van der Waals surface area (Å²) in [4.78, 5) is 24.2. The maximum Gasteiger partial charge on any atom is 0.338 e. The van der Waals surface area contributed by atoms with Gasteiger partial charge in [0.2, 0.25) is 0 Å². The van der Waals surface area contributed by atoms with Crippen molar-refractivity contribution in [3.05, 3.63) is 106 Å². The summed E-state index contributed by atoms with van der Waals surface area (Å²) in [6.45, 7) is 2.02. The van der Waals surface area contributed by atoms with E-state index in [9.17, 15) is 14.9 Å². The third kappa shape index (κ3) is 6.07. The Bertz CT molecular complexity index is 1180. The van der Waals surface area contributed by atoms with Crippen LogP contribution in [0.4, 0.5) is 5.69 Å². The van der Waals surface area contributed by atoms with Gasteiger partial charge in [0.1, 0.15) is 11.6 Å². The molecule has 1 amide bonds. The third-order valence-electron chi connectivity index (χ3n) is 4.66. The van der Waals surface area contributed by atoms with Gasteiger partial charge in [-0.15, -0.1) is 0 Å². The van der Waals surface area contributed by atoms with E-state index in [2.05, 4.69) is 5.32 Å². The zero-order valence-electron chi connectivity index (χ0n) is 17.5. The minimum atomic E-state index is -0.531. The molecule has 3 aromatic carbocycles. The van der Waals surface area contributed by atoms with Crippen LogP contribution in [-0.2, 0) is 16.0 Å². The molecule has 0 unspecified atom stereocenters. The summed E-state index contributed by atoms with van der Waals surface area (Å²) in [6.07, 6.45) is 2.22. The molecule has 0 aliphatic carbocycles. The van der Waals surface area contributed by atoms with Crippen LogP contribution in [0.3, 0.4) is 0 Å². The van der Waals surface area contributed by atoms with Crippen molar-refractivity contribution in [2.24, 2.45) is 0 Å². The number of benzene rings is 3. The van der Waals surface area contributed by atoms with Gasteiger partial charge in [0.15, 0.2) is 0 Å². The van der Waals surface area contributed by atoms with E-state index in [1.807, 2.05) is 54.6 Å². The Balaban J connectivity index is 1.67. The lowest BCUT2D eigenvalue weighted by Gasteiger charge is -2.07. The Morgan fingerprint density at radius 1 is 1.03 bits per heavy atom. The Kier molecular flexibility index (Phi) is 7.80. The van der Waals surface area contributed by atoms with Gasteiger partial charge in [-0.25, -0.2) is 4.79 Å². The summed E-state index contributed by atoms with van der Waals surface area (Å²) in [6, 6.07) is 23.5. The predicted molar refractivity (Wildman–Crippen MR) is 125 cm³/mol. The van der Waals surface area contributed by atoms with Crippen molar-refractivity contribution in [3.8, 4) is 6.07 Å². The van der Waals surface area contributed by atoms with Gasteiger partial charge < -0.3 is 10.1 Å². The highest BCUT2D eigenvalue weighted by Crippen LogP contribution is 2.20. The minimum absolute atomic E-state index is 0.0293. The Hall–Kier alpha value is -3.88. The topological polar surface area (TPSA) is 79.2 Å². The van der Waals surface area contributed by atoms with E-state index in [1.165, 1.54) is 6.08 Å². The first-order valence-corrected chi connectivity index (χ1v) is 10.4. The van der Waals surface area contributed by atoms with E-state index in [0.717, 1.165) is 21.7 Å². The fourth-order valence-corrected chi connectivity index (χ4v) is 3.21. The number of amides is 1. The highest BCUT2D eigenvalue weighted by molar-refractivity contribution is 6.31. The van der Waals surface area contributed by atoms with Crippen LogP contribution in [0.1, 0.15) is 34.0 Å².